The van der Waals surface area contributed by atoms with E-state index >= 15 is 0 Å². The predicted molar refractivity (Wildman–Crippen MR) is 198 cm³/mol. The molecule has 0 aliphatic rings. The van der Waals surface area contributed by atoms with E-state index in [1.165, 1.54) is 7.11 Å². The fourth-order valence-electron chi connectivity index (χ4n) is 5.08. The van der Waals surface area contributed by atoms with Gasteiger partial charge in [-0.2, -0.15) is 0 Å². The third-order valence-corrected chi connectivity index (χ3v) is 8.34. The van der Waals surface area contributed by atoms with E-state index in [1.807, 2.05) is 60.7 Å². The second-order valence-electron chi connectivity index (χ2n) is 13.9. The highest BCUT2D eigenvalue weighted by Crippen LogP contribution is 2.32. The van der Waals surface area contributed by atoms with Crippen molar-refractivity contribution in [2.45, 2.75) is 83.9 Å². The number of methoxy groups -OCH3 is 1. The zero-order valence-electron chi connectivity index (χ0n) is 30.7. The Kier molecular flexibility index (Phi) is 15.5. The molecule has 0 unspecified atom stereocenters. The molecule has 0 heterocycles. The molecule has 3 aromatic rings. The van der Waals surface area contributed by atoms with Crippen molar-refractivity contribution in [3.63, 3.8) is 0 Å². The molecule has 0 fully saturated rings. The Hall–Kier alpha value is -5.04. The van der Waals surface area contributed by atoms with Crippen LogP contribution in [0.15, 0.2) is 91.0 Å². The predicted octanol–water partition coefficient (Wildman–Crippen LogP) is 6.73. The number of esters is 1. The van der Waals surface area contributed by atoms with Gasteiger partial charge in [-0.15, -0.1) is 0 Å². The summed E-state index contributed by atoms with van der Waals surface area (Å²) < 4.78 is 21.4. The molecule has 0 spiro atoms. The SMILES string of the molecule is COC(=O)[C@H](CSC(=O)[C@H]([C@H](Cc1ccccc1)NC(=O)OCc1ccccc1)[C@H](NC(=O)OC(C)(C)C)c1ccccc1)NC(=O)OC(C)(C)C. The number of thioether (sulfide) groups is 1. The number of ether oxygens (including phenoxy) is 4. The lowest BCUT2D eigenvalue weighted by atomic mass is 9.84. The lowest BCUT2D eigenvalue weighted by molar-refractivity contribution is -0.142. The van der Waals surface area contributed by atoms with Crippen LogP contribution in [0, 0.1) is 5.92 Å². The molecule has 0 aliphatic heterocycles. The molecule has 0 saturated carbocycles. The van der Waals surface area contributed by atoms with Crippen molar-refractivity contribution < 1.29 is 42.9 Å². The Morgan fingerprint density at radius 2 is 1.15 bits per heavy atom. The summed E-state index contributed by atoms with van der Waals surface area (Å²) in [6.45, 7) is 10.2. The minimum atomic E-state index is -1.26. The summed E-state index contributed by atoms with van der Waals surface area (Å²) in [6.07, 6.45) is -2.27. The van der Waals surface area contributed by atoms with E-state index in [0.29, 0.717) is 5.56 Å². The molecule has 52 heavy (non-hydrogen) atoms. The minimum absolute atomic E-state index is 0.0203. The number of hydrogen-bond acceptors (Lipinski definition) is 10. The van der Waals surface area contributed by atoms with Crippen LogP contribution in [0.2, 0.25) is 0 Å². The van der Waals surface area contributed by atoms with E-state index in [-0.39, 0.29) is 18.8 Å². The molecule has 3 amide bonds. The summed E-state index contributed by atoms with van der Waals surface area (Å²) in [7, 11) is 1.17. The molecule has 0 aromatic heterocycles. The number of hydrogen-bond donors (Lipinski definition) is 3. The second kappa shape index (κ2) is 19.5. The molecule has 0 bridgehead atoms. The monoisotopic (exact) mass is 735 g/mol. The molecule has 3 N–H and O–H groups in total. The van der Waals surface area contributed by atoms with Crippen molar-refractivity contribution in [1.82, 2.24) is 16.0 Å². The van der Waals surface area contributed by atoms with Gasteiger partial charge >= 0.3 is 24.2 Å². The third kappa shape index (κ3) is 14.7. The molecular formula is C39H49N3O9S. The van der Waals surface area contributed by atoms with Crippen LogP contribution < -0.4 is 16.0 Å². The lowest BCUT2D eigenvalue weighted by Gasteiger charge is -2.34. The summed E-state index contributed by atoms with van der Waals surface area (Å²) in [5.41, 5.74) is 0.410. The number of carbonyl (C=O) groups is 5. The molecule has 3 rings (SSSR count). The van der Waals surface area contributed by atoms with E-state index in [1.54, 1.807) is 71.9 Å². The smallest absolute Gasteiger partial charge is 0.408 e. The van der Waals surface area contributed by atoms with E-state index < -0.39 is 64.6 Å². The molecule has 4 atom stereocenters. The Labute approximate surface area is 309 Å². The Balaban J connectivity index is 2.06. The zero-order valence-corrected chi connectivity index (χ0v) is 31.5. The standard InChI is InChI=1S/C39H49N3O9S/c1-38(2,3)50-36(46)41-30(33(43)48-7)25-52-34(44)31(32(28-21-15-10-16-22-28)42-37(47)51-39(4,5)6)29(23-26-17-11-8-12-18-26)40-35(45)49-24-27-19-13-9-14-20-27/h8-22,29-32H,23-25H2,1-7H3,(H,40,45)(H,41,46)(H,42,47)/t29-,30-,31+,32+/m0/s1. The van der Waals surface area contributed by atoms with Gasteiger partial charge in [0.1, 0.15) is 23.9 Å². The first-order chi connectivity index (χ1) is 24.5. The summed E-state index contributed by atoms with van der Waals surface area (Å²) >= 11 is 0.741. The van der Waals surface area contributed by atoms with Gasteiger partial charge in [-0.3, -0.25) is 4.79 Å². The summed E-state index contributed by atoms with van der Waals surface area (Å²) in [4.78, 5) is 66.9. The summed E-state index contributed by atoms with van der Waals surface area (Å²) in [5, 5.41) is 7.76. The third-order valence-electron chi connectivity index (χ3n) is 7.28. The number of carbonyl (C=O) groups excluding carboxylic acids is 5. The average molecular weight is 736 g/mol. The van der Waals surface area contributed by atoms with E-state index in [2.05, 4.69) is 16.0 Å². The molecule has 0 radical (unpaired) electrons. The van der Waals surface area contributed by atoms with Crippen LogP contribution in [0.3, 0.4) is 0 Å². The fourth-order valence-corrected chi connectivity index (χ4v) is 6.13. The van der Waals surface area contributed by atoms with Crippen LogP contribution >= 0.6 is 11.8 Å². The Morgan fingerprint density at radius 3 is 1.67 bits per heavy atom. The first-order valence-electron chi connectivity index (χ1n) is 16.8. The van der Waals surface area contributed by atoms with Crippen molar-refractivity contribution in [1.29, 1.82) is 0 Å². The highest BCUT2D eigenvalue weighted by atomic mass is 32.2. The van der Waals surface area contributed by atoms with Gasteiger partial charge in [-0.1, -0.05) is 103 Å². The molecule has 280 valence electrons. The lowest BCUT2D eigenvalue weighted by Crippen LogP contribution is -2.51. The van der Waals surface area contributed by atoms with Crippen LogP contribution in [0.5, 0.6) is 0 Å². The average Bonchev–Trinajstić information content (AvgIpc) is 3.08. The number of amides is 3. The summed E-state index contributed by atoms with van der Waals surface area (Å²) in [5.74, 6) is -2.20. The van der Waals surface area contributed by atoms with Crippen molar-refractivity contribution in [3.05, 3.63) is 108 Å². The molecule has 3 aromatic carbocycles. The van der Waals surface area contributed by atoms with Crippen LogP contribution in [0.25, 0.3) is 0 Å². The molecule has 0 aliphatic carbocycles. The van der Waals surface area contributed by atoms with Gasteiger partial charge in [-0.25, -0.2) is 19.2 Å². The van der Waals surface area contributed by atoms with Gasteiger partial charge in [0.15, 0.2) is 5.12 Å². The highest BCUT2D eigenvalue weighted by Gasteiger charge is 2.40. The van der Waals surface area contributed by atoms with Crippen molar-refractivity contribution >= 4 is 41.1 Å². The maximum atomic E-state index is 14.6. The summed E-state index contributed by atoms with van der Waals surface area (Å²) in [6, 6.07) is 23.9. The molecule has 12 nitrogen and oxygen atoms in total. The van der Waals surface area contributed by atoms with Gasteiger partial charge < -0.3 is 34.9 Å². The van der Waals surface area contributed by atoms with E-state index in [9.17, 15) is 24.0 Å². The van der Waals surface area contributed by atoms with E-state index in [4.69, 9.17) is 18.9 Å². The number of benzene rings is 3. The first kappa shape index (κ1) is 41.4. The van der Waals surface area contributed by atoms with Crippen LogP contribution in [-0.2, 0) is 41.6 Å². The maximum absolute atomic E-state index is 14.6. The Morgan fingerprint density at radius 1 is 0.654 bits per heavy atom. The maximum Gasteiger partial charge on any atom is 0.408 e. The van der Waals surface area contributed by atoms with Crippen LogP contribution in [-0.4, -0.2) is 65.5 Å². The molecule has 13 heteroatoms. The number of alkyl carbamates (subject to hydrolysis) is 3. The second-order valence-corrected chi connectivity index (χ2v) is 14.9. The van der Waals surface area contributed by atoms with Crippen molar-refractivity contribution in [3.8, 4) is 0 Å². The fraction of sp³-hybridized carbons (Fsp3) is 0.410. The van der Waals surface area contributed by atoms with Gasteiger partial charge in [0, 0.05) is 11.8 Å². The zero-order chi connectivity index (χ0) is 38.3. The van der Waals surface area contributed by atoms with E-state index in [0.717, 1.165) is 22.9 Å². The molecular weight excluding hydrogens is 687 g/mol. The van der Waals surface area contributed by atoms with Crippen LogP contribution in [0.4, 0.5) is 14.4 Å². The van der Waals surface area contributed by atoms with Crippen LogP contribution in [0.1, 0.15) is 64.3 Å². The van der Waals surface area contributed by atoms with Crippen molar-refractivity contribution in [2.75, 3.05) is 12.9 Å². The Bertz CT molecular complexity index is 1610. The largest absolute Gasteiger partial charge is 0.467 e. The van der Waals surface area contributed by atoms with Gasteiger partial charge in [0.05, 0.1) is 19.1 Å². The number of rotatable bonds is 14. The number of nitrogens with one attached hydrogen (secondary N) is 3. The van der Waals surface area contributed by atoms with Gasteiger partial charge in [0.25, 0.3) is 0 Å². The normalized spacial score (nSPS) is 13.7. The minimum Gasteiger partial charge on any atom is -0.467 e. The molecule has 0 saturated heterocycles. The first-order valence-corrected chi connectivity index (χ1v) is 17.8. The topological polar surface area (TPSA) is 158 Å². The van der Waals surface area contributed by atoms with Gasteiger partial charge in [0.2, 0.25) is 0 Å². The van der Waals surface area contributed by atoms with Crippen molar-refractivity contribution in [2.24, 2.45) is 5.92 Å². The van der Waals surface area contributed by atoms with Gasteiger partial charge in [-0.05, 0) is 64.7 Å². The highest BCUT2D eigenvalue weighted by molar-refractivity contribution is 8.13. The quantitative estimate of drug-likeness (QED) is 0.120.